The molecular weight excluding hydrogens is 358 g/mol. The Hall–Kier alpha value is -1.63. The van der Waals surface area contributed by atoms with Gasteiger partial charge in [-0.1, -0.05) is 0 Å². The second-order valence-corrected chi connectivity index (χ2v) is 7.11. The first-order valence-electron chi connectivity index (χ1n) is 8.24. The van der Waals surface area contributed by atoms with Crippen LogP contribution in [0.4, 0.5) is 0 Å². The Morgan fingerprint density at radius 1 is 1.40 bits per heavy atom. The van der Waals surface area contributed by atoms with Gasteiger partial charge in [0, 0.05) is 5.56 Å². The number of hydrogen-bond donors (Lipinski definition) is 2. The number of carbonyl (C=O) groups is 1. The van der Waals surface area contributed by atoms with Crippen LogP contribution in [-0.4, -0.2) is 30.6 Å². The SMILES string of the molecule is COc1ccc(-c2nc(C)c(C(C)NC(=O)C3CCCN3)s2)cc1.Cl. The van der Waals surface area contributed by atoms with Gasteiger partial charge in [-0.15, -0.1) is 23.7 Å². The predicted octanol–water partition coefficient (Wildman–Crippen LogP) is 3.48. The smallest absolute Gasteiger partial charge is 0.237 e. The van der Waals surface area contributed by atoms with Gasteiger partial charge in [-0.05, 0) is 57.5 Å². The minimum Gasteiger partial charge on any atom is -0.497 e. The monoisotopic (exact) mass is 381 g/mol. The predicted molar refractivity (Wildman–Crippen MR) is 104 cm³/mol. The minimum atomic E-state index is -0.0539. The van der Waals surface area contributed by atoms with Crippen molar-refractivity contribution in [2.45, 2.75) is 38.8 Å². The Morgan fingerprint density at radius 2 is 2.12 bits per heavy atom. The van der Waals surface area contributed by atoms with Crippen LogP contribution >= 0.6 is 23.7 Å². The summed E-state index contributed by atoms with van der Waals surface area (Å²) in [7, 11) is 1.66. The minimum absolute atomic E-state index is 0. The van der Waals surface area contributed by atoms with E-state index in [0.717, 1.165) is 46.3 Å². The number of hydrogen-bond acceptors (Lipinski definition) is 5. The van der Waals surface area contributed by atoms with E-state index in [4.69, 9.17) is 4.74 Å². The van der Waals surface area contributed by atoms with Gasteiger partial charge in [0.25, 0.3) is 0 Å². The molecule has 2 N–H and O–H groups in total. The molecule has 1 saturated heterocycles. The highest BCUT2D eigenvalue weighted by molar-refractivity contribution is 7.15. The molecule has 0 radical (unpaired) electrons. The van der Waals surface area contributed by atoms with Crippen LogP contribution in [0.5, 0.6) is 5.75 Å². The lowest BCUT2D eigenvalue weighted by Gasteiger charge is -2.16. The van der Waals surface area contributed by atoms with Crippen molar-refractivity contribution in [3.8, 4) is 16.3 Å². The fourth-order valence-electron chi connectivity index (χ4n) is 2.95. The molecule has 1 fully saturated rings. The lowest BCUT2D eigenvalue weighted by Crippen LogP contribution is -2.41. The van der Waals surface area contributed by atoms with E-state index in [2.05, 4.69) is 15.6 Å². The molecule has 0 aliphatic carbocycles. The average Bonchev–Trinajstić information content (AvgIpc) is 3.24. The first-order chi connectivity index (χ1) is 11.6. The number of carbonyl (C=O) groups excluding carboxylic acids is 1. The molecule has 1 amide bonds. The van der Waals surface area contributed by atoms with Gasteiger partial charge in [-0.25, -0.2) is 4.98 Å². The number of methoxy groups -OCH3 is 1. The molecule has 1 aromatic carbocycles. The van der Waals surface area contributed by atoms with Crippen molar-refractivity contribution in [1.29, 1.82) is 0 Å². The van der Waals surface area contributed by atoms with Crippen LogP contribution < -0.4 is 15.4 Å². The van der Waals surface area contributed by atoms with Crippen molar-refractivity contribution < 1.29 is 9.53 Å². The highest BCUT2D eigenvalue weighted by atomic mass is 35.5. The van der Waals surface area contributed by atoms with Crippen LogP contribution in [0.15, 0.2) is 24.3 Å². The summed E-state index contributed by atoms with van der Waals surface area (Å²) in [4.78, 5) is 18.1. The van der Waals surface area contributed by atoms with Gasteiger partial charge in [-0.2, -0.15) is 0 Å². The summed E-state index contributed by atoms with van der Waals surface area (Å²) in [5.74, 6) is 0.913. The number of nitrogens with one attached hydrogen (secondary N) is 2. The van der Waals surface area contributed by atoms with E-state index in [1.807, 2.05) is 38.1 Å². The molecule has 1 aliphatic heterocycles. The van der Waals surface area contributed by atoms with E-state index < -0.39 is 0 Å². The van der Waals surface area contributed by atoms with Gasteiger partial charge >= 0.3 is 0 Å². The van der Waals surface area contributed by atoms with Crippen LogP contribution in [0.25, 0.3) is 10.6 Å². The topological polar surface area (TPSA) is 63.2 Å². The first-order valence-corrected chi connectivity index (χ1v) is 9.05. The molecule has 0 spiro atoms. The Kier molecular flexibility index (Phi) is 6.81. The number of ether oxygens (including phenoxy) is 1. The summed E-state index contributed by atoms with van der Waals surface area (Å²) in [6, 6.07) is 7.79. The Labute approximate surface area is 158 Å². The Morgan fingerprint density at radius 3 is 2.72 bits per heavy atom. The number of aromatic nitrogens is 1. The average molecular weight is 382 g/mol. The fraction of sp³-hybridized carbons (Fsp3) is 0.444. The van der Waals surface area contributed by atoms with Gasteiger partial charge in [0.15, 0.2) is 0 Å². The largest absolute Gasteiger partial charge is 0.497 e. The van der Waals surface area contributed by atoms with E-state index in [9.17, 15) is 4.79 Å². The molecule has 7 heteroatoms. The maximum Gasteiger partial charge on any atom is 0.237 e. The van der Waals surface area contributed by atoms with Gasteiger partial charge in [0.1, 0.15) is 10.8 Å². The van der Waals surface area contributed by atoms with Crippen LogP contribution in [0, 0.1) is 6.92 Å². The molecule has 5 nitrogen and oxygen atoms in total. The Bertz CT molecular complexity index is 712. The third kappa shape index (κ3) is 4.51. The van der Waals surface area contributed by atoms with Crippen molar-refractivity contribution in [2.75, 3.05) is 13.7 Å². The molecule has 2 aromatic rings. The van der Waals surface area contributed by atoms with E-state index in [1.54, 1.807) is 18.4 Å². The van der Waals surface area contributed by atoms with Crippen LogP contribution in [0.2, 0.25) is 0 Å². The zero-order chi connectivity index (χ0) is 17.1. The third-order valence-electron chi connectivity index (χ3n) is 4.30. The zero-order valence-electron chi connectivity index (χ0n) is 14.7. The van der Waals surface area contributed by atoms with Gasteiger partial charge in [0.05, 0.1) is 29.8 Å². The zero-order valence-corrected chi connectivity index (χ0v) is 16.3. The molecule has 1 aliphatic rings. The highest BCUT2D eigenvalue weighted by Gasteiger charge is 2.24. The fourth-order valence-corrected chi connectivity index (χ4v) is 4.03. The molecule has 2 atom stereocenters. The van der Waals surface area contributed by atoms with Crippen molar-refractivity contribution in [1.82, 2.24) is 15.6 Å². The first kappa shape index (κ1) is 19.7. The third-order valence-corrected chi connectivity index (χ3v) is 5.69. The molecule has 1 aromatic heterocycles. The number of benzene rings is 1. The van der Waals surface area contributed by atoms with E-state index in [1.165, 1.54) is 0 Å². The lowest BCUT2D eigenvalue weighted by atomic mass is 10.2. The van der Waals surface area contributed by atoms with Gasteiger partial charge in [-0.3, -0.25) is 4.79 Å². The number of rotatable bonds is 5. The number of nitrogens with zero attached hydrogens (tertiary/aromatic N) is 1. The van der Waals surface area contributed by atoms with Crippen LogP contribution in [-0.2, 0) is 4.79 Å². The molecule has 0 bridgehead atoms. The van der Waals surface area contributed by atoms with Crippen molar-refractivity contribution >= 4 is 29.7 Å². The number of halogens is 1. The summed E-state index contributed by atoms with van der Waals surface area (Å²) in [5.41, 5.74) is 2.03. The number of amides is 1. The second kappa shape index (κ2) is 8.65. The molecule has 0 saturated carbocycles. The summed E-state index contributed by atoms with van der Waals surface area (Å²) in [6.45, 7) is 4.94. The maximum atomic E-state index is 12.3. The quantitative estimate of drug-likeness (QED) is 0.832. The molecular formula is C18H24ClN3O2S. The molecule has 2 heterocycles. The van der Waals surface area contributed by atoms with E-state index >= 15 is 0 Å². The normalized spacial score (nSPS) is 17.6. The van der Waals surface area contributed by atoms with Crippen LogP contribution in [0.1, 0.15) is 36.4 Å². The van der Waals surface area contributed by atoms with Crippen molar-refractivity contribution in [2.24, 2.45) is 0 Å². The van der Waals surface area contributed by atoms with Crippen LogP contribution in [0.3, 0.4) is 0 Å². The van der Waals surface area contributed by atoms with Gasteiger partial charge in [0.2, 0.25) is 5.91 Å². The van der Waals surface area contributed by atoms with Crippen molar-refractivity contribution in [3.05, 3.63) is 34.8 Å². The summed E-state index contributed by atoms with van der Waals surface area (Å²) < 4.78 is 5.19. The van der Waals surface area contributed by atoms with E-state index in [-0.39, 0.29) is 30.4 Å². The highest BCUT2D eigenvalue weighted by Crippen LogP contribution is 2.32. The number of thiazole rings is 1. The van der Waals surface area contributed by atoms with Gasteiger partial charge < -0.3 is 15.4 Å². The summed E-state index contributed by atoms with van der Waals surface area (Å²) in [5, 5.41) is 7.31. The standard InChI is InChI=1S/C18H23N3O2S.ClH/c1-11(20-17(22)15-5-4-10-19-15)16-12(2)21-18(24-16)13-6-8-14(23-3)9-7-13;/h6-9,11,15,19H,4-5,10H2,1-3H3,(H,20,22);1H. The van der Waals surface area contributed by atoms with Crippen molar-refractivity contribution in [3.63, 3.8) is 0 Å². The molecule has 2 unspecified atom stereocenters. The number of aryl methyl sites for hydroxylation is 1. The molecule has 3 rings (SSSR count). The molecule has 136 valence electrons. The maximum absolute atomic E-state index is 12.3. The second-order valence-electron chi connectivity index (χ2n) is 6.08. The summed E-state index contributed by atoms with van der Waals surface area (Å²) in [6.07, 6.45) is 1.98. The lowest BCUT2D eigenvalue weighted by molar-refractivity contribution is -0.123. The molecule has 25 heavy (non-hydrogen) atoms. The van der Waals surface area contributed by atoms with E-state index in [0.29, 0.717) is 0 Å². The summed E-state index contributed by atoms with van der Waals surface area (Å²) >= 11 is 1.63. The Balaban J connectivity index is 0.00000225.